The second-order valence-corrected chi connectivity index (χ2v) is 8.74. The van der Waals surface area contributed by atoms with Crippen LogP contribution in [0.2, 0.25) is 0 Å². The summed E-state index contributed by atoms with van der Waals surface area (Å²) in [6, 6.07) is 42.6. The number of nitrogens with zero attached hydrogens (tertiary/aromatic N) is 2. The van der Waals surface area contributed by atoms with Crippen molar-refractivity contribution in [2.75, 3.05) is 4.90 Å². The standard InChI is InChI=1S/C29H20N2S/c1-3-11-23(12-4-1)31(24-13-5-2-6-14-24)27-16-9-10-21-20-22(18-19-25(21)27)29-30-26-15-7-8-17-28(26)32-29/h1-20H. The van der Waals surface area contributed by atoms with E-state index >= 15 is 0 Å². The van der Waals surface area contributed by atoms with Crippen LogP contribution < -0.4 is 4.90 Å². The number of fused-ring (bicyclic) bond motifs is 2. The number of rotatable bonds is 4. The average molecular weight is 429 g/mol. The normalized spacial score (nSPS) is 11.1. The third-order valence-corrected chi connectivity index (χ3v) is 6.75. The van der Waals surface area contributed by atoms with Crippen molar-refractivity contribution < 1.29 is 0 Å². The number of para-hydroxylation sites is 3. The van der Waals surface area contributed by atoms with E-state index in [0.29, 0.717) is 0 Å². The Balaban J connectivity index is 1.51. The lowest BCUT2D eigenvalue weighted by Crippen LogP contribution is -2.10. The Morgan fingerprint density at radius 2 is 1.28 bits per heavy atom. The first-order valence-electron chi connectivity index (χ1n) is 10.7. The van der Waals surface area contributed by atoms with Crippen LogP contribution in [0.4, 0.5) is 17.1 Å². The molecule has 3 heteroatoms. The monoisotopic (exact) mass is 428 g/mol. The highest BCUT2D eigenvalue weighted by Crippen LogP contribution is 2.40. The molecular formula is C29H20N2S. The van der Waals surface area contributed by atoms with Crippen LogP contribution in [0.3, 0.4) is 0 Å². The maximum atomic E-state index is 4.85. The molecule has 6 aromatic rings. The lowest BCUT2D eigenvalue weighted by Gasteiger charge is -2.26. The summed E-state index contributed by atoms with van der Waals surface area (Å²) < 4.78 is 1.22. The number of hydrogen-bond donors (Lipinski definition) is 0. The fraction of sp³-hybridized carbons (Fsp3) is 0. The quantitative estimate of drug-likeness (QED) is 0.279. The van der Waals surface area contributed by atoms with Crippen LogP contribution in [0, 0.1) is 0 Å². The molecule has 0 amide bonds. The van der Waals surface area contributed by atoms with Crippen LogP contribution in [0.25, 0.3) is 31.6 Å². The van der Waals surface area contributed by atoms with E-state index in [9.17, 15) is 0 Å². The number of thiazole rings is 1. The molecule has 0 aliphatic carbocycles. The van der Waals surface area contributed by atoms with Crippen molar-refractivity contribution in [2.45, 2.75) is 0 Å². The highest BCUT2D eigenvalue weighted by Gasteiger charge is 2.15. The van der Waals surface area contributed by atoms with Gasteiger partial charge in [0.05, 0.1) is 15.9 Å². The number of aromatic nitrogens is 1. The zero-order chi connectivity index (χ0) is 21.3. The van der Waals surface area contributed by atoms with Gasteiger partial charge in [0.25, 0.3) is 0 Å². The molecule has 0 aliphatic heterocycles. The second-order valence-electron chi connectivity index (χ2n) is 7.71. The van der Waals surface area contributed by atoms with Crippen LogP contribution in [0.15, 0.2) is 121 Å². The fourth-order valence-corrected chi connectivity index (χ4v) is 5.13. The van der Waals surface area contributed by atoms with Gasteiger partial charge in [-0.15, -0.1) is 11.3 Å². The summed E-state index contributed by atoms with van der Waals surface area (Å²) in [5.74, 6) is 0. The molecule has 32 heavy (non-hydrogen) atoms. The van der Waals surface area contributed by atoms with Crippen LogP contribution in [-0.4, -0.2) is 4.98 Å². The zero-order valence-corrected chi connectivity index (χ0v) is 18.2. The Kier molecular flexibility index (Phi) is 4.67. The Morgan fingerprint density at radius 3 is 2.00 bits per heavy atom. The molecule has 6 rings (SSSR count). The minimum absolute atomic E-state index is 1.06. The van der Waals surface area contributed by atoms with Gasteiger partial charge >= 0.3 is 0 Å². The second kappa shape index (κ2) is 7.95. The first-order chi connectivity index (χ1) is 15.9. The molecule has 0 unspecified atom stereocenters. The summed E-state index contributed by atoms with van der Waals surface area (Å²) in [4.78, 5) is 7.17. The molecule has 0 bridgehead atoms. The van der Waals surface area contributed by atoms with E-state index in [1.807, 2.05) is 6.07 Å². The SMILES string of the molecule is c1ccc(N(c2ccccc2)c2cccc3cc(-c4nc5ccccc5s4)ccc23)cc1. The van der Waals surface area contributed by atoms with E-state index in [1.165, 1.54) is 15.5 Å². The maximum Gasteiger partial charge on any atom is 0.124 e. The van der Waals surface area contributed by atoms with Crippen molar-refractivity contribution in [3.63, 3.8) is 0 Å². The van der Waals surface area contributed by atoms with Crippen LogP contribution >= 0.6 is 11.3 Å². The largest absolute Gasteiger partial charge is 0.310 e. The smallest absolute Gasteiger partial charge is 0.124 e. The van der Waals surface area contributed by atoms with Gasteiger partial charge in [0, 0.05) is 22.3 Å². The number of benzene rings is 5. The minimum atomic E-state index is 1.06. The van der Waals surface area contributed by atoms with Crippen LogP contribution in [0.5, 0.6) is 0 Å². The molecule has 0 fully saturated rings. The molecule has 0 N–H and O–H groups in total. The Hall–Kier alpha value is -3.95. The first-order valence-corrected chi connectivity index (χ1v) is 11.5. The summed E-state index contributed by atoms with van der Waals surface area (Å²) in [5, 5.41) is 3.47. The molecule has 0 radical (unpaired) electrons. The third-order valence-electron chi connectivity index (χ3n) is 5.67. The topological polar surface area (TPSA) is 16.1 Å². The summed E-state index contributed by atoms with van der Waals surface area (Å²) >= 11 is 1.74. The number of hydrogen-bond acceptors (Lipinski definition) is 3. The molecule has 5 aromatic carbocycles. The fourth-order valence-electron chi connectivity index (χ4n) is 4.17. The molecular weight excluding hydrogens is 408 g/mol. The molecule has 152 valence electrons. The van der Waals surface area contributed by atoms with Gasteiger partial charge in [-0.05, 0) is 53.9 Å². The van der Waals surface area contributed by atoms with E-state index < -0.39 is 0 Å². The van der Waals surface area contributed by atoms with E-state index in [4.69, 9.17) is 4.98 Å². The predicted octanol–water partition coefficient (Wildman–Crippen LogP) is 8.59. The lowest BCUT2D eigenvalue weighted by molar-refractivity contribution is 1.30. The van der Waals surface area contributed by atoms with Gasteiger partial charge in [0.15, 0.2) is 0 Å². The summed E-state index contributed by atoms with van der Waals surface area (Å²) in [6.07, 6.45) is 0. The highest BCUT2D eigenvalue weighted by atomic mass is 32.1. The molecule has 0 aliphatic rings. The molecule has 2 nitrogen and oxygen atoms in total. The Labute approximate surface area is 191 Å². The molecule has 0 saturated carbocycles. The molecule has 1 aromatic heterocycles. The highest BCUT2D eigenvalue weighted by molar-refractivity contribution is 7.21. The van der Waals surface area contributed by atoms with Gasteiger partial charge in [-0.25, -0.2) is 4.98 Å². The van der Waals surface area contributed by atoms with Gasteiger partial charge in [0.2, 0.25) is 0 Å². The Morgan fingerprint density at radius 1 is 0.594 bits per heavy atom. The molecule has 0 spiro atoms. The Bertz CT molecular complexity index is 1450. The van der Waals surface area contributed by atoms with Gasteiger partial charge in [-0.1, -0.05) is 72.8 Å². The minimum Gasteiger partial charge on any atom is -0.310 e. The van der Waals surface area contributed by atoms with Crippen molar-refractivity contribution in [1.29, 1.82) is 0 Å². The summed E-state index contributed by atoms with van der Waals surface area (Å²) in [7, 11) is 0. The van der Waals surface area contributed by atoms with E-state index in [1.54, 1.807) is 11.3 Å². The van der Waals surface area contributed by atoms with Crippen molar-refractivity contribution in [3.05, 3.63) is 121 Å². The molecule has 0 saturated heterocycles. The van der Waals surface area contributed by atoms with E-state index in [2.05, 4.69) is 120 Å². The molecule has 1 heterocycles. The van der Waals surface area contributed by atoms with Crippen molar-refractivity contribution in [2.24, 2.45) is 0 Å². The first kappa shape index (κ1) is 18.8. The zero-order valence-electron chi connectivity index (χ0n) is 17.3. The lowest BCUT2D eigenvalue weighted by atomic mass is 10.0. The van der Waals surface area contributed by atoms with Crippen molar-refractivity contribution in [3.8, 4) is 10.6 Å². The maximum absolute atomic E-state index is 4.85. The third kappa shape index (κ3) is 3.33. The summed E-state index contributed by atoms with van der Waals surface area (Å²) in [5.41, 5.74) is 5.65. The average Bonchev–Trinajstić information content (AvgIpc) is 3.30. The van der Waals surface area contributed by atoms with Gasteiger partial charge in [-0.3, -0.25) is 0 Å². The van der Waals surface area contributed by atoms with Crippen LogP contribution in [0.1, 0.15) is 0 Å². The number of anilines is 3. The van der Waals surface area contributed by atoms with Gasteiger partial charge < -0.3 is 4.90 Å². The van der Waals surface area contributed by atoms with E-state index in [0.717, 1.165) is 33.1 Å². The van der Waals surface area contributed by atoms with Gasteiger partial charge in [0.1, 0.15) is 5.01 Å². The van der Waals surface area contributed by atoms with Crippen LogP contribution in [-0.2, 0) is 0 Å². The summed E-state index contributed by atoms with van der Waals surface area (Å²) in [6.45, 7) is 0. The predicted molar refractivity (Wildman–Crippen MR) is 137 cm³/mol. The molecule has 0 atom stereocenters. The van der Waals surface area contributed by atoms with Gasteiger partial charge in [-0.2, -0.15) is 0 Å². The van der Waals surface area contributed by atoms with E-state index in [-0.39, 0.29) is 0 Å². The van der Waals surface area contributed by atoms with Crippen molar-refractivity contribution in [1.82, 2.24) is 4.98 Å². The van der Waals surface area contributed by atoms with Crippen molar-refractivity contribution >= 4 is 49.4 Å².